The van der Waals surface area contributed by atoms with E-state index in [0.29, 0.717) is 6.42 Å². The summed E-state index contributed by atoms with van der Waals surface area (Å²) in [5, 5.41) is 47.1. The lowest BCUT2D eigenvalue weighted by Gasteiger charge is -2.28. The molecule has 0 saturated carbocycles. The number of ether oxygens (including phenoxy) is 1. The maximum absolute atomic E-state index is 12.0. The van der Waals surface area contributed by atoms with Crippen LogP contribution in [0, 0.1) is 0 Å². The van der Waals surface area contributed by atoms with Crippen molar-refractivity contribution in [2.45, 2.75) is 147 Å². The molecule has 7 nitrogen and oxygen atoms in total. The predicted molar refractivity (Wildman–Crippen MR) is 131 cm³/mol. The van der Waals surface area contributed by atoms with Gasteiger partial charge in [0.1, 0.15) is 18.3 Å². The average Bonchev–Trinajstić information content (AvgIpc) is 2.82. The highest BCUT2D eigenvalue weighted by molar-refractivity contribution is 5.69. The first kappa shape index (κ1) is 32.3. The molecule has 4 atom stereocenters. The fraction of sp³-hybridized carbons (Fsp3) is 0.962. The Morgan fingerprint density at radius 2 is 0.970 bits per heavy atom. The first-order valence-electron chi connectivity index (χ1n) is 13.4. The van der Waals surface area contributed by atoms with E-state index in [0.717, 1.165) is 19.3 Å². The summed E-state index contributed by atoms with van der Waals surface area (Å²) in [6.45, 7) is 0.784. The van der Waals surface area contributed by atoms with Crippen molar-refractivity contribution >= 4 is 5.97 Å². The molecule has 0 bridgehead atoms. The number of aliphatic hydroxyl groups is 5. The van der Waals surface area contributed by atoms with Crippen LogP contribution in [0.25, 0.3) is 0 Å². The molecule has 0 aromatic heterocycles. The van der Waals surface area contributed by atoms with E-state index in [9.17, 15) is 20.1 Å². The van der Waals surface area contributed by atoms with E-state index in [-0.39, 0.29) is 6.42 Å². The summed E-state index contributed by atoms with van der Waals surface area (Å²) in [5.41, 5.74) is 0. The molecule has 0 rings (SSSR count). The fourth-order valence-corrected chi connectivity index (χ4v) is 4.01. The zero-order chi connectivity index (χ0) is 24.7. The number of hydrogen-bond donors (Lipinski definition) is 5. The molecule has 0 amide bonds. The normalized spacial score (nSPS) is 15.2. The van der Waals surface area contributed by atoms with E-state index < -0.39 is 43.6 Å². The summed E-state index contributed by atoms with van der Waals surface area (Å²) in [6.07, 6.45) is 15.2. The Labute approximate surface area is 201 Å². The van der Waals surface area contributed by atoms with Crippen LogP contribution in [0.4, 0.5) is 0 Å². The molecule has 0 aliphatic rings. The molecule has 0 fully saturated rings. The van der Waals surface area contributed by atoms with E-state index in [1.165, 1.54) is 83.5 Å². The predicted octanol–water partition coefficient (Wildman–Crippen LogP) is 4.01. The van der Waals surface area contributed by atoms with Gasteiger partial charge in [-0.25, -0.2) is 0 Å². The summed E-state index contributed by atoms with van der Waals surface area (Å²) in [6, 6.07) is 0. The number of esters is 1. The molecular formula is C26H52O7. The quantitative estimate of drug-likeness (QED) is 0.105. The minimum absolute atomic E-state index is 0.148. The topological polar surface area (TPSA) is 127 Å². The standard InChI is InChI=1S/C26H52O7/c1-2-3-4-5-6-7-8-9-10-11-12-13-14-15-16-17-18-19-24(31)33-26(23(30)21-28)25(32)22(29)20-27/h22-23,25-30,32H,2-21H2,1H3/t22-,23-,25-,26-/m1/s1. The maximum atomic E-state index is 12.0. The first-order chi connectivity index (χ1) is 16.0. The third-order valence-electron chi connectivity index (χ3n) is 6.24. The monoisotopic (exact) mass is 476 g/mol. The van der Waals surface area contributed by atoms with Crippen LogP contribution in [0.5, 0.6) is 0 Å². The van der Waals surface area contributed by atoms with Gasteiger partial charge in [0.05, 0.1) is 13.2 Å². The Morgan fingerprint density at radius 1 is 0.606 bits per heavy atom. The summed E-state index contributed by atoms with van der Waals surface area (Å²) in [5.74, 6) is -0.599. The molecule has 7 heteroatoms. The van der Waals surface area contributed by atoms with E-state index in [1.807, 2.05) is 0 Å². The summed E-state index contributed by atoms with van der Waals surface area (Å²) in [4.78, 5) is 12.0. The van der Waals surface area contributed by atoms with Crippen LogP contribution in [-0.2, 0) is 9.53 Å². The third-order valence-corrected chi connectivity index (χ3v) is 6.24. The number of hydrogen-bond acceptors (Lipinski definition) is 7. The van der Waals surface area contributed by atoms with Crippen molar-refractivity contribution in [3.05, 3.63) is 0 Å². The number of unbranched alkanes of at least 4 members (excludes halogenated alkanes) is 16. The number of carbonyl (C=O) groups is 1. The van der Waals surface area contributed by atoms with Crippen LogP contribution in [0.1, 0.15) is 122 Å². The Kier molecular flexibility index (Phi) is 22.5. The lowest BCUT2D eigenvalue weighted by molar-refractivity contribution is -0.177. The maximum Gasteiger partial charge on any atom is 0.306 e. The number of carbonyl (C=O) groups excluding carboxylic acids is 1. The van der Waals surface area contributed by atoms with Gasteiger partial charge in [-0.15, -0.1) is 0 Å². The zero-order valence-corrected chi connectivity index (χ0v) is 21.0. The fourth-order valence-electron chi connectivity index (χ4n) is 4.01. The highest BCUT2D eigenvalue weighted by Crippen LogP contribution is 2.15. The molecular weight excluding hydrogens is 424 g/mol. The molecule has 0 unspecified atom stereocenters. The molecule has 0 saturated heterocycles. The molecule has 198 valence electrons. The Balaban J connectivity index is 3.60. The van der Waals surface area contributed by atoms with Gasteiger partial charge in [0.25, 0.3) is 0 Å². The van der Waals surface area contributed by atoms with E-state index in [4.69, 9.17) is 14.9 Å². The number of rotatable bonds is 24. The van der Waals surface area contributed by atoms with Gasteiger partial charge in [0, 0.05) is 6.42 Å². The van der Waals surface area contributed by atoms with Crippen molar-refractivity contribution in [1.82, 2.24) is 0 Å². The van der Waals surface area contributed by atoms with Gasteiger partial charge in [-0.05, 0) is 6.42 Å². The Bertz CT molecular complexity index is 433. The SMILES string of the molecule is CCCCCCCCCCCCCCCCCCCC(=O)O[C@@H]([C@H](O)[C@H](O)CO)[C@H](O)CO. The van der Waals surface area contributed by atoms with E-state index >= 15 is 0 Å². The van der Waals surface area contributed by atoms with Gasteiger partial charge in [0.15, 0.2) is 6.10 Å². The highest BCUT2D eigenvalue weighted by atomic mass is 16.6. The van der Waals surface area contributed by atoms with Crippen LogP contribution in [0.3, 0.4) is 0 Å². The largest absolute Gasteiger partial charge is 0.457 e. The van der Waals surface area contributed by atoms with Crippen molar-refractivity contribution in [2.24, 2.45) is 0 Å². The lowest BCUT2D eigenvalue weighted by Crippen LogP contribution is -2.49. The Hall–Kier alpha value is -0.730. The van der Waals surface area contributed by atoms with Gasteiger partial charge in [-0.1, -0.05) is 110 Å². The zero-order valence-electron chi connectivity index (χ0n) is 21.0. The average molecular weight is 477 g/mol. The molecule has 0 spiro atoms. The second-order valence-electron chi connectivity index (χ2n) is 9.35. The number of aliphatic hydroxyl groups excluding tert-OH is 5. The minimum atomic E-state index is -1.67. The van der Waals surface area contributed by atoms with Gasteiger partial charge >= 0.3 is 5.97 Å². The van der Waals surface area contributed by atoms with Crippen LogP contribution in [0.15, 0.2) is 0 Å². The van der Waals surface area contributed by atoms with Crippen molar-refractivity contribution in [3.8, 4) is 0 Å². The highest BCUT2D eigenvalue weighted by Gasteiger charge is 2.34. The van der Waals surface area contributed by atoms with Crippen molar-refractivity contribution in [2.75, 3.05) is 13.2 Å². The van der Waals surface area contributed by atoms with Crippen LogP contribution >= 0.6 is 0 Å². The second kappa shape index (κ2) is 23.0. The molecule has 0 aliphatic heterocycles. The molecule has 0 radical (unpaired) electrons. The Morgan fingerprint density at radius 3 is 1.33 bits per heavy atom. The van der Waals surface area contributed by atoms with Gasteiger partial charge in [0.2, 0.25) is 0 Å². The molecule has 0 aromatic carbocycles. The van der Waals surface area contributed by atoms with Gasteiger partial charge in [-0.2, -0.15) is 0 Å². The molecule has 0 aliphatic carbocycles. The summed E-state index contributed by atoms with van der Waals surface area (Å²) >= 11 is 0. The molecule has 0 aromatic rings. The lowest BCUT2D eigenvalue weighted by atomic mass is 10.0. The van der Waals surface area contributed by atoms with Crippen LogP contribution < -0.4 is 0 Å². The van der Waals surface area contributed by atoms with Crippen LogP contribution in [0.2, 0.25) is 0 Å². The first-order valence-corrected chi connectivity index (χ1v) is 13.4. The van der Waals surface area contributed by atoms with Gasteiger partial charge in [-0.3, -0.25) is 4.79 Å². The van der Waals surface area contributed by atoms with E-state index in [1.54, 1.807) is 0 Å². The van der Waals surface area contributed by atoms with Crippen molar-refractivity contribution < 1.29 is 35.1 Å². The van der Waals surface area contributed by atoms with Crippen molar-refractivity contribution in [1.29, 1.82) is 0 Å². The minimum Gasteiger partial charge on any atom is -0.457 e. The second-order valence-corrected chi connectivity index (χ2v) is 9.35. The molecule has 5 N–H and O–H groups in total. The van der Waals surface area contributed by atoms with Gasteiger partial charge < -0.3 is 30.3 Å². The summed E-state index contributed by atoms with van der Waals surface area (Å²) < 4.78 is 5.05. The third kappa shape index (κ3) is 18.3. The molecule has 0 heterocycles. The summed E-state index contributed by atoms with van der Waals surface area (Å²) in [7, 11) is 0. The van der Waals surface area contributed by atoms with Crippen molar-refractivity contribution in [3.63, 3.8) is 0 Å². The van der Waals surface area contributed by atoms with E-state index in [2.05, 4.69) is 6.92 Å². The smallest absolute Gasteiger partial charge is 0.306 e. The van der Waals surface area contributed by atoms with Crippen LogP contribution in [-0.4, -0.2) is 69.1 Å². The molecule has 33 heavy (non-hydrogen) atoms.